The van der Waals surface area contributed by atoms with Crippen LogP contribution in [-0.2, 0) is 4.74 Å². The van der Waals surface area contributed by atoms with Gasteiger partial charge in [-0.2, -0.15) is 0 Å². The Bertz CT molecular complexity index is 431. The second kappa shape index (κ2) is 5.85. The number of nitrogen functional groups attached to an aromatic ring is 1. The molecule has 2 rings (SSSR count). The summed E-state index contributed by atoms with van der Waals surface area (Å²) in [5.41, 5.74) is 6.48. The standard InChI is InChI=1S/C10H16IN5O2/c1-13-7-8(12)15-10(11)16-9(7)14-6-3-2-5(4-17)18-6/h5-6,13,17H,2-4H2,1H3,(H3,12,14,15,16)/t5-,6+/m0/s1. The number of hydrogen-bond acceptors (Lipinski definition) is 7. The van der Waals surface area contributed by atoms with Crippen molar-refractivity contribution in [1.82, 2.24) is 9.97 Å². The van der Waals surface area contributed by atoms with Gasteiger partial charge in [-0.1, -0.05) is 0 Å². The van der Waals surface area contributed by atoms with E-state index in [9.17, 15) is 0 Å². The predicted octanol–water partition coefficient (Wildman–Crippen LogP) is 0.614. The summed E-state index contributed by atoms with van der Waals surface area (Å²) >= 11 is 2.01. The van der Waals surface area contributed by atoms with Gasteiger partial charge in [0, 0.05) is 29.6 Å². The zero-order chi connectivity index (χ0) is 13.1. The van der Waals surface area contributed by atoms with Gasteiger partial charge >= 0.3 is 0 Å². The lowest BCUT2D eigenvalue weighted by Gasteiger charge is -2.17. The van der Waals surface area contributed by atoms with Crippen molar-refractivity contribution in [3.05, 3.63) is 3.83 Å². The van der Waals surface area contributed by atoms with Crippen molar-refractivity contribution >= 4 is 39.9 Å². The van der Waals surface area contributed by atoms with Crippen molar-refractivity contribution in [3.8, 4) is 0 Å². The largest absolute Gasteiger partial charge is 0.394 e. The molecule has 2 heterocycles. The third-order valence-electron chi connectivity index (χ3n) is 2.77. The van der Waals surface area contributed by atoms with Crippen LogP contribution in [0, 0.1) is 3.83 Å². The van der Waals surface area contributed by atoms with Crippen molar-refractivity contribution in [2.24, 2.45) is 0 Å². The molecule has 0 radical (unpaired) electrons. The highest BCUT2D eigenvalue weighted by Gasteiger charge is 2.25. The van der Waals surface area contributed by atoms with Gasteiger partial charge in [-0.15, -0.1) is 0 Å². The number of nitrogens with zero attached hydrogens (tertiary/aromatic N) is 2. The predicted molar refractivity (Wildman–Crippen MR) is 77.3 cm³/mol. The molecule has 100 valence electrons. The van der Waals surface area contributed by atoms with Crippen LogP contribution < -0.4 is 16.4 Å². The van der Waals surface area contributed by atoms with Crippen LogP contribution in [0.2, 0.25) is 0 Å². The van der Waals surface area contributed by atoms with Gasteiger partial charge in [-0.05, 0) is 12.8 Å². The number of nitrogens with two attached hydrogens (primary N) is 1. The van der Waals surface area contributed by atoms with Crippen molar-refractivity contribution in [2.75, 3.05) is 30.0 Å². The average molecular weight is 365 g/mol. The van der Waals surface area contributed by atoms with Gasteiger partial charge in [0.1, 0.15) is 11.9 Å². The van der Waals surface area contributed by atoms with Gasteiger partial charge in [0.15, 0.2) is 15.5 Å². The van der Waals surface area contributed by atoms with Crippen LogP contribution in [0.15, 0.2) is 0 Å². The molecule has 7 nitrogen and oxygen atoms in total. The Labute approximate surface area is 119 Å². The van der Waals surface area contributed by atoms with Gasteiger partial charge in [0.2, 0.25) is 0 Å². The average Bonchev–Trinajstić information content (AvgIpc) is 2.76. The fourth-order valence-corrected chi connectivity index (χ4v) is 2.40. The number of hydrogen-bond donors (Lipinski definition) is 4. The zero-order valence-corrected chi connectivity index (χ0v) is 12.1. The summed E-state index contributed by atoms with van der Waals surface area (Å²) in [7, 11) is 1.76. The summed E-state index contributed by atoms with van der Waals surface area (Å²) in [5.74, 6) is 1.02. The first-order valence-electron chi connectivity index (χ1n) is 5.67. The second-order valence-corrected chi connectivity index (χ2v) is 4.97. The molecule has 1 saturated heterocycles. The Kier molecular flexibility index (Phi) is 4.40. The third kappa shape index (κ3) is 2.93. The number of anilines is 3. The van der Waals surface area contributed by atoms with Crippen LogP contribution in [0.25, 0.3) is 0 Å². The van der Waals surface area contributed by atoms with Crippen molar-refractivity contribution in [3.63, 3.8) is 0 Å². The number of halogens is 1. The smallest absolute Gasteiger partial charge is 0.194 e. The van der Waals surface area contributed by atoms with Gasteiger partial charge in [0.05, 0.1) is 12.7 Å². The second-order valence-electron chi connectivity index (χ2n) is 4.00. The van der Waals surface area contributed by atoms with Gasteiger partial charge in [-0.25, -0.2) is 9.97 Å². The Morgan fingerprint density at radius 3 is 2.89 bits per heavy atom. The molecule has 2 atom stereocenters. The molecule has 1 aromatic heterocycles. The quantitative estimate of drug-likeness (QED) is 0.458. The SMILES string of the molecule is CNc1c(N)nc(I)nc1N[C@H]1CC[C@@H](CO)O1. The lowest BCUT2D eigenvalue weighted by molar-refractivity contribution is 0.0234. The van der Waals surface area contributed by atoms with Gasteiger partial charge in [0.25, 0.3) is 0 Å². The molecular formula is C10H16IN5O2. The van der Waals surface area contributed by atoms with Crippen LogP contribution in [-0.4, -0.2) is 41.1 Å². The molecule has 0 spiro atoms. The first-order valence-corrected chi connectivity index (χ1v) is 6.75. The number of aliphatic hydroxyl groups excluding tert-OH is 1. The Morgan fingerprint density at radius 1 is 1.50 bits per heavy atom. The van der Waals surface area contributed by atoms with Gasteiger partial charge in [-0.3, -0.25) is 0 Å². The summed E-state index contributed by atoms with van der Waals surface area (Å²) < 4.78 is 6.17. The van der Waals surface area contributed by atoms with E-state index in [0.29, 0.717) is 21.2 Å². The van der Waals surface area contributed by atoms with Gasteiger partial charge < -0.3 is 26.2 Å². The molecule has 0 bridgehead atoms. The highest BCUT2D eigenvalue weighted by molar-refractivity contribution is 14.1. The van der Waals surface area contributed by atoms with E-state index in [2.05, 4.69) is 20.6 Å². The highest BCUT2D eigenvalue weighted by Crippen LogP contribution is 2.28. The lowest BCUT2D eigenvalue weighted by Crippen LogP contribution is -2.23. The first kappa shape index (κ1) is 13.6. The highest BCUT2D eigenvalue weighted by atomic mass is 127. The summed E-state index contributed by atoms with van der Waals surface area (Å²) in [6.45, 7) is 0.0422. The minimum atomic E-state index is -0.153. The van der Waals surface area contributed by atoms with Crippen molar-refractivity contribution in [2.45, 2.75) is 25.2 Å². The lowest BCUT2D eigenvalue weighted by atomic mass is 10.2. The maximum absolute atomic E-state index is 9.03. The summed E-state index contributed by atoms with van der Waals surface area (Å²) in [4.78, 5) is 8.38. The van der Waals surface area contributed by atoms with E-state index in [4.69, 9.17) is 15.6 Å². The van der Waals surface area contributed by atoms with Crippen LogP contribution in [0.3, 0.4) is 0 Å². The number of aliphatic hydroxyl groups is 1. The Hall–Kier alpha value is -0.870. The Balaban J connectivity index is 2.13. The molecule has 1 aliphatic heterocycles. The molecule has 0 aromatic carbocycles. The molecule has 0 aliphatic carbocycles. The van der Waals surface area contributed by atoms with Crippen molar-refractivity contribution in [1.29, 1.82) is 0 Å². The minimum absolute atomic E-state index is 0.0422. The molecule has 1 fully saturated rings. The third-order valence-corrected chi connectivity index (χ3v) is 3.25. The maximum Gasteiger partial charge on any atom is 0.194 e. The molecule has 18 heavy (non-hydrogen) atoms. The molecular weight excluding hydrogens is 349 g/mol. The van der Waals surface area contributed by atoms with E-state index in [1.54, 1.807) is 7.05 Å². The number of aromatic nitrogens is 2. The van der Waals surface area contributed by atoms with Crippen molar-refractivity contribution < 1.29 is 9.84 Å². The van der Waals surface area contributed by atoms with E-state index in [1.807, 2.05) is 22.6 Å². The summed E-state index contributed by atoms with van der Waals surface area (Å²) in [6, 6.07) is 0. The molecule has 1 aliphatic rings. The monoisotopic (exact) mass is 365 g/mol. The fourth-order valence-electron chi connectivity index (χ4n) is 1.90. The molecule has 0 amide bonds. The van der Waals surface area contributed by atoms with Crippen LogP contribution >= 0.6 is 22.6 Å². The van der Waals surface area contributed by atoms with Crippen LogP contribution in [0.1, 0.15) is 12.8 Å². The number of rotatable bonds is 4. The molecule has 8 heteroatoms. The van der Waals surface area contributed by atoms with E-state index in [0.717, 1.165) is 12.8 Å². The van der Waals surface area contributed by atoms with E-state index < -0.39 is 0 Å². The zero-order valence-electron chi connectivity index (χ0n) is 9.98. The normalized spacial score (nSPS) is 23.1. The van der Waals surface area contributed by atoms with E-state index in [-0.39, 0.29) is 18.9 Å². The van der Waals surface area contributed by atoms with Crippen LogP contribution in [0.5, 0.6) is 0 Å². The molecule has 0 unspecified atom stereocenters. The molecule has 5 N–H and O–H groups in total. The summed E-state index contributed by atoms with van der Waals surface area (Å²) in [5, 5.41) is 15.2. The topological polar surface area (TPSA) is 105 Å². The fraction of sp³-hybridized carbons (Fsp3) is 0.600. The van der Waals surface area contributed by atoms with E-state index in [1.165, 1.54) is 0 Å². The summed E-state index contributed by atoms with van der Waals surface area (Å²) in [6.07, 6.45) is 1.41. The first-order chi connectivity index (χ1) is 8.63. The number of nitrogens with one attached hydrogen (secondary N) is 2. The number of ether oxygens (including phenoxy) is 1. The molecule has 1 aromatic rings. The van der Waals surface area contributed by atoms with E-state index >= 15 is 0 Å². The Morgan fingerprint density at radius 2 is 2.28 bits per heavy atom. The molecule has 0 saturated carbocycles. The maximum atomic E-state index is 9.03. The minimum Gasteiger partial charge on any atom is -0.394 e. The van der Waals surface area contributed by atoms with Crippen LogP contribution in [0.4, 0.5) is 17.3 Å².